The SMILES string of the molecule is COCCN1C(=O)c2ccccc2[C@@H](C(=O)NCCc2ccc(SC)cc2)[C@H]1c1cccs1. The highest BCUT2D eigenvalue weighted by Crippen LogP contribution is 2.44. The summed E-state index contributed by atoms with van der Waals surface area (Å²) in [5, 5.41) is 5.13. The van der Waals surface area contributed by atoms with Gasteiger partial charge < -0.3 is 15.0 Å². The van der Waals surface area contributed by atoms with Crippen LogP contribution in [0.2, 0.25) is 0 Å². The standard InChI is InChI=1S/C26H28N2O3S2/c1-31-16-15-28-24(22-8-5-17-33-22)23(20-6-3-4-7-21(20)26(28)30)25(29)27-14-13-18-9-11-19(32-2)12-10-18/h3-12,17,23-24H,13-16H2,1-2H3,(H,27,29)/t23-,24-/m1/s1. The molecule has 0 saturated carbocycles. The maximum absolute atomic E-state index is 13.6. The predicted octanol–water partition coefficient (Wildman–Crippen LogP) is 4.76. The minimum atomic E-state index is -0.478. The van der Waals surface area contributed by atoms with Crippen LogP contribution in [0.4, 0.5) is 0 Å². The third-order valence-electron chi connectivity index (χ3n) is 5.96. The van der Waals surface area contributed by atoms with Crippen LogP contribution in [-0.2, 0) is 16.0 Å². The maximum atomic E-state index is 13.6. The van der Waals surface area contributed by atoms with E-state index in [2.05, 4.69) is 35.8 Å². The van der Waals surface area contributed by atoms with Crippen LogP contribution in [0, 0.1) is 0 Å². The van der Waals surface area contributed by atoms with Gasteiger partial charge in [-0.05, 0) is 53.4 Å². The van der Waals surface area contributed by atoms with Gasteiger partial charge in [0.05, 0.1) is 18.6 Å². The van der Waals surface area contributed by atoms with Gasteiger partial charge in [-0.15, -0.1) is 23.1 Å². The number of hydrogen-bond acceptors (Lipinski definition) is 5. The average Bonchev–Trinajstić information content (AvgIpc) is 3.38. The Bertz CT molecular complexity index is 1080. The Morgan fingerprint density at radius 2 is 1.91 bits per heavy atom. The number of nitrogens with zero attached hydrogens (tertiary/aromatic N) is 1. The highest BCUT2D eigenvalue weighted by Gasteiger charge is 2.44. The second kappa shape index (κ2) is 11.0. The molecule has 2 heterocycles. The molecule has 2 amide bonds. The molecule has 1 aliphatic rings. The first kappa shape index (κ1) is 23.5. The fourth-order valence-corrected chi connectivity index (χ4v) is 5.60. The van der Waals surface area contributed by atoms with E-state index in [1.807, 2.05) is 41.8 Å². The summed E-state index contributed by atoms with van der Waals surface area (Å²) in [6.07, 6.45) is 2.81. The summed E-state index contributed by atoms with van der Waals surface area (Å²) in [6.45, 7) is 1.38. The third-order valence-corrected chi connectivity index (χ3v) is 7.65. The summed E-state index contributed by atoms with van der Waals surface area (Å²) in [5.74, 6) is -0.594. The van der Waals surface area contributed by atoms with Crippen LogP contribution >= 0.6 is 23.1 Å². The molecule has 0 saturated heterocycles. The number of amides is 2. The van der Waals surface area contributed by atoms with Crippen molar-refractivity contribution < 1.29 is 14.3 Å². The largest absolute Gasteiger partial charge is 0.383 e. The van der Waals surface area contributed by atoms with Crippen molar-refractivity contribution in [2.75, 3.05) is 33.1 Å². The van der Waals surface area contributed by atoms with Gasteiger partial charge in [0, 0.05) is 35.5 Å². The second-order valence-corrected chi connectivity index (χ2v) is 9.76. The molecule has 7 heteroatoms. The third kappa shape index (κ3) is 5.16. The van der Waals surface area contributed by atoms with Gasteiger partial charge in [-0.25, -0.2) is 0 Å². The Hall–Kier alpha value is -2.61. The quantitative estimate of drug-likeness (QED) is 0.449. The van der Waals surface area contributed by atoms with Crippen molar-refractivity contribution in [1.29, 1.82) is 0 Å². The molecule has 0 fully saturated rings. The minimum absolute atomic E-state index is 0.0565. The zero-order valence-corrected chi connectivity index (χ0v) is 20.5. The fraction of sp³-hybridized carbons (Fsp3) is 0.308. The average molecular weight is 481 g/mol. The summed E-state index contributed by atoms with van der Waals surface area (Å²) < 4.78 is 5.28. The van der Waals surface area contributed by atoms with Crippen molar-refractivity contribution in [3.05, 3.63) is 87.6 Å². The Labute approximate surface area is 203 Å². The molecule has 0 unspecified atom stereocenters. The van der Waals surface area contributed by atoms with Crippen molar-refractivity contribution in [1.82, 2.24) is 10.2 Å². The number of methoxy groups -OCH3 is 1. The second-order valence-electron chi connectivity index (χ2n) is 7.91. The lowest BCUT2D eigenvalue weighted by Crippen LogP contribution is -2.48. The molecule has 0 spiro atoms. The maximum Gasteiger partial charge on any atom is 0.254 e. The zero-order chi connectivity index (χ0) is 23.2. The van der Waals surface area contributed by atoms with Crippen LogP contribution in [0.5, 0.6) is 0 Å². The van der Waals surface area contributed by atoms with Crippen LogP contribution in [0.3, 0.4) is 0 Å². The van der Waals surface area contributed by atoms with Crippen molar-refractivity contribution in [3.8, 4) is 0 Å². The van der Waals surface area contributed by atoms with Gasteiger partial charge in [0.2, 0.25) is 5.91 Å². The van der Waals surface area contributed by atoms with E-state index in [9.17, 15) is 9.59 Å². The molecule has 2 aromatic carbocycles. The molecule has 33 heavy (non-hydrogen) atoms. The van der Waals surface area contributed by atoms with Gasteiger partial charge in [-0.1, -0.05) is 36.4 Å². The van der Waals surface area contributed by atoms with Gasteiger partial charge in [-0.3, -0.25) is 9.59 Å². The lowest BCUT2D eigenvalue weighted by atomic mass is 9.81. The number of nitrogens with one attached hydrogen (secondary N) is 1. The molecular formula is C26H28N2O3S2. The molecule has 4 rings (SSSR count). The molecule has 1 aliphatic heterocycles. The number of thioether (sulfide) groups is 1. The Morgan fingerprint density at radius 1 is 1.12 bits per heavy atom. The summed E-state index contributed by atoms with van der Waals surface area (Å²) in [6, 6.07) is 19.5. The van der Waals surface area contributed by atoms with E-state index in [0.29, 0.717) is 25.3 Å². The molecule has 1 N–H and O–H groups in total. The van der Waals surface area contributed by atoms with E-state index < -0.39 is 5.92 Å². The number of ether oxygens (including phenoxy) is 1. The van der Waals surface area contributed by atoms with Gasteiger partial charge in [0.15, 0.2) is 0 Å². The first-order valence-electron chi connectivity index (χ1n) is 11.0. The van der Waals surface area contributed by atoms with E-state index in [1.165, 1.54) is 10.5 Å². The lowest BCUT2D eigenvalue weighted by molar-refractivity contribution is -0.124. The first-order chi connectivity index (χ1) is 16.1. The van der Waals surface area contributed by atoms with Gasteiger partial charge in [0.25, 0.3) is 5.91 Å². The van der Waals surface area contributed by atoms with Crippen LogP contribution in [0.1, 0.15) is 38.3 Å². The van der Waals surface area contributed by atoms with E-state index in [1.54, 1.807) is 35.1 Å². The van der Waals surface area contributed by atoms with Crippen molar-refractivity contribution in [2.24, 2.45) is 0 Å². The summed E-state index contributed by atoms with van der Waals surface area (Å²) >= 11 is 3.29. The van der Waals surface area contributed by atoms with Crippen LogP contribution < -0.4 is 5.32 Å². The van der Waals surface area contributed by atoms with Crippen molar-refractivity contribution >= 4 is 34.9 Å². The van der Waals surface area contributed by atoms with E-state index in [4.69, 9.17) is 4.74 Å². The predicted molar refractivity (Wildman–Crippen MR) is 134 cm³/mol. The van der Waals surface area contributed by atoms with E-state index in [0.717, 1.165) is 16.9 Å². The van der Waals surface area contributed by atoms with Crippen LogP contribution in [0.15, 0.2) is 70.9 Å². The molecule has 2 atom stereocenters. The zero-order valence-electron chi connectivity index (χ0n) is 18.8. The number of hydrogen-bond donors (Lipinski definition) is 1. The number of benzene rings is 2. The highest BCUT2D eigenvalue weighted by atomic mass is 32.2. The normalized spacial score (nSPS) is 17.6. The number of rotatable bonds is 9. The smallest absolute Gasteiger partial charge is 0.254 e. The van der Waals surface area contributed by atoms with E-state index in [-0.39, 0.29) is 17.9 Å². The minimum Gasteiger partial charge on any atom is -0.383 e. The molecule has 0 bridgehead atoms. The van der Waals surface area contributed by atoms with Crippen molar-refractivity contribution in [3.63, 3.8) is 0 Å². The Morgan fingerprint density at radius 3 is 2.61 bits per heavy atom. The summed E-state index contributed by atoms with van der Waals surface area (Å²) in [7, 11) is 1.62. The number of carbonyl (C=O) groups excluding carboxylic acids is 2. The van der Waals surface area contributed by atoms with Crippen molar-refractivity contribution in [2.45, 2.75) is 23.3 Å². The topological polar surface area (TPSA) is 58.6 Å². The fourth-order valence-electron chi connectivity index (χ4n) is 4.32. The molecular weight excluding hydrogens is 452 g/mol. The number of carbonyl (C=O) groups is 2. The monoisotopic (exact) mass is 480 g/mol. The summed E-state index contributed by atoms with van der Waals surface area (Å²) in [5.41, 5.74) is 2.56. The van der Waals surface area contributed by atoms with Crippen LogP contribution in [-0.4, -0.2) is 49.8 Å². The van der Waals surface area contributed by atoms with E-state index >= 15 is 0 Å². The molecule has 3 aromatic rings. The molecule has 1 aromatic heterocycles. The molecule has 5 nitrogen and oxygen atoms in total. The Kier molecular flexibility index (Phi) is 7.85. The highest BCUT2D eigenvalue weighted by molar-refractivity contribution is 7.98. The molecule has 0 aliphatic carbocycles. The van der Waals surface area contributed by atoms with Crippen LogP contribution in [0.25, 0.3) is 0 Å². The number of thiophene rings is 1. The summed E-state index contributed by atoms with van der Waals surface area (Å²) in [4.78, 5) is 31.0. The molecule has 172 valence electrons. The van der Waals surface area contributed by atoms with Gasteiger partial charge in [0.1, 0.15) is 0 Å². The number of fused-ring (bicyclic) bond motifs is 1. The van der Waals surface area contributed by atoms with Gasteiger partial charge >= 0.3 is 0 Å². The lowest BCUT2D eigenvalue weighted by Gasteiger charge is -2.41. The Balaban J connectivity index is 1.60. The first-order valence-corrected chi connectivity index (χ1v) is 13.1. The van der Waals surface area contributed by atoms with Gasteiger partial charge in [-0.2, -0.15) is 0 Å². The molecule has 0 radical (unpaired) electrons.